The van der Waals surface area contributed by atoms with E-state index in [1.807, 2.05) is 11.0 Å². The van der Waals surface area contributed by atoms with Crippen LogP contribution >= 0.6 is 0 Å². The number of carbonyl (C=O) groups excluding carboxylic acids is 1. The number of sulfonamides is 1. The molecule has 0 spiro atoms. The average Bonchev–Trinajstić information content (AvgIpc) is 3.39. The van der Waals surface area contributed by atoms with Crippen molar-refractivity contribution in [3.63, 3.8) is 0 Å². The summed E-state index contributed by atoms with van der Waals surface area (Å²) in [6, 6.07) is 19.7. The van der Waals surface area contributed by atoms with Crippen LogP contribution in [0.5, 0.6) is 5.75 Å². The first-order valence-corrected chi connectivity index (χ1v) is 12.3. The zero-order valence-electron chi connectivity index (χ0n) is 18.6. The van der Waals surface area contributed by atoms with Gasteiger partial charge in [0.1, 0.15) is 10.6 Å². The maximum absolute atomic E-state index is 13.4. The van der Waals surface area contributed by atoms with Crippen molar-refractivity contribution in [2.75, 3.05) is 35.1 Å². The standard InChI is InChI=1S/C25H24N4O4S/c1-33-22-11-8-20(9-12-22)28-34(31,32)24-16-21(10-13-23(24)29-14-2-3-15-29)27-25(30)19-6-4-18(17-26)5-7-19/h4-13,16,28H,2-3,14-15H2,1H3,(H,27,30). The Morgan fingerprint density at radius 1 is 0.971 bits per heavy atom. The molecule has 8 nitrogen and oxygen atoms in total. The number of carbonyl (C=O) groups is 1. The number of ether oxygens (including phenoxy) is 1. The van der Waals surface area contributed by atoms with Crippen molar-refractivity contribution in [3.05, 3.63) is 77.9 Å². The molecule has 174 valence electrons. The highest BCUT2D eigenvalue weighted by atomic mass is 32.2. The first-order valence-electron chi connectivity index (χ1n) is 10.8. The number of amides is 1. The number of rotatable bonds is 7. The van der Waals surface area contributed by atoms with E-state index in [0.29, 0.717) is 33.9 Å². The van der Waals surface area contributed by atoms with Crippen molar-refractivity contribution in [1.29, 1.82) is 5.26 Å². The molecule has 1 aliphatic rings. The van der Waals surface area contributed by atoms with E-state index in [1.165, 1.54) is 6.07 Å². The summed E-state index contributed by atoms with van der Waals surface area (Å²) in [4.78, 5) is 14.8. The fraction of sp³-hybridized carbons (Fsp3) is 0.200. The molecule has 1 aliphatic heterocycles. The van der Waals surface area contributed by atoms with Gasteiger partial charge in [-0.3, -0.25) is 9.52 Å². The van der Waals surface area contributed by atoms with Gasteiger partial charge in [-0.1, -0.05) is 0 Å². The van der Waals surface area contributed by atoms with Crippen LogP contribution in [0.2, 0.25) is 0 Å². The molecule has 9 heteroatoms. The molecule has 0 aromatic heterocycles. The number of hydrogen-bond donors (Lipinski definition) is 2. The van der Waals surface area contributed by atoms with Gasteiger partial charge in [-0.05, 0) is 79.6 Å². The van der Waals surface area contributed by atoms with E-state index in [2.05, 4.69) is 10.0 Å². The Balaban J connectivity index is 1.64. The van der Waals surface area contributed by atoms with Gasteiger partial charge in [-0.15, -0.1) is 0 Å². The van der Waals surface area contributed by atoms with Crippen LogP contribution in [0.15, 0.2) is 71.6 Å². The summed E-state index contributed by atoms with van der Waals surface area (Å²) in [5.41, 5.74) is 2.16. The Kier molecular flexibility index (Phi) is 6.70. The molecule has 3 aromatic rings. The number of nitriles is 1. The van der Waals surface area contributed by atoms with E-state index in [1.54, 1.807) is 67.8 Å². The van der Waals surface area contributed by atoms with Crippen LogP contribution in [-0.2, 0) is 10.0 Å². The van der Waals surface area contributed by atoms with Crippen molar-refractivity contribution < 1.29 is 17.9 Å². The van der Waals surface area contributed by atoms with Crippen LogP contribution in [0.4, 0.5) is 17.1 Å². The van der Waals surface area contributed by atoms with Crippen molar-refractivity contribution in [2.24, 2.45) is 0 Å². The van der Waals surface area contributed by atoms with Gasteiger partial charge in [0.25, 0.3) is 15.9 Å². The quantitative estimate of drug-likeness (QED) is 0.528. The number of anilines is 3. The molecule has 0 unspecified atom stereocenters. The van der Waals surface area contributed by atoms with Gasteiger partial charge in [0.15, 0.2) is 0 Å². The van der Waals surface area contributed by atoms with Crippen LogP contribution in [0, 0.1) is 11.3 Å². The highest BCUT2D eigenvalue weighted by Gasteiger charge is 2.25. The topological polar surface area (TPSA) is 112 Å². The lowest BCUT2D eigenvalue weighted by Gasteiger charge is -2.22. The lowest BCUT2D eigenvalue weighted by Crippen LogP contribution is -2.23. The second-order valence-electron chi connectivity index (χ2n) is 7.85. The molecule has 1 heterocycles. The Labute approximate surface area is 198 Å². The van der Waals surface area contributed by atoms with Gasteiger partial charge in [-0.2, -0.15) is 5.26 Å². The lowest BCUT2D eigenvalue weighted by atomic mass is 10.1. The third kappa shape index (κ3) is 5.13. The Morgan fingerprint density at radius 3 is 2.24 bits per heavy atom. The molecule has 0 aliphatic carbocycles. The van der Waals surface area contributed by atoms with Crippen LogP contribution in [0.1, 0.15) is 28.8 Å². The van der Waals surface area contributed by atoms with Crippen LogP contribution in [0.25, 0.3) is 0 Å². The number of hydrogen-bond acceptors (Lipinski definition) is 6. The summed E-state index contributed by atoms with van der Waals surface area (Å²) in [6.45, 7) is 1.53. The van der Waals surface area contributed by atoms with E-state index in [0.717, 1.165) is 25.9 Å². The minimum Gasteiger partial charge on any atom is -0.497 e. The minimum absolute atomic E-state index is 0.0860. The normalized spacial score (nSPS) is 13.2. The Hall–Kier alpha value is -4.03. The first kappa shape index (κ1) is 23.1. The zero-order valence-corrected chi connectivity index (χ0v) is 19.4. The summed E-state index contributed by atoms with van der Waals surface area (Å²) < 4.78 is 34.6. The Morgan fingerprint density at radius 2 is 1.62 bits per heavy atom. The summed E-state index contributed by atoms with van der Waals surface area (Å²) in [7, 11) is -2.41. The van der Waals surface area contributed by atoms with Gasteiger partial charge in [0, 0.05) is 30.0 Å². The predicted octanol–water partition coefficient (Wildman–Crippen LogP) is 4.22. The Bertz CT molecular complexity index is 1320. The summed E-state index contributed by atoms with van der Waals surface area (Å²) >= 11 is 0. The zero-order chi connectivity index (χ0) is 24.1. The minimum atomic E-state index is -3.95. The third-order valence-corrected chi connectivity index (χ3v) is 6.98. The van der Waals surface area contributed by atoms with Crippen molar-refractivity contribution in [1.82, 2.24) is 0 Å². The molecular weight excluding hydrogens is 452 g/mol. The van der Waals surface area contributed by atoms with E-state index in [4.69, 9.17) is 10.00 Å². The van der Waals surface area contributed by atoms with Gasteiger partial charge in [0.2, 0.25) is 0 Å². The molecular formula is C25H24N4O4S. The monoisotopic (exact) mass is 476 g/mol. The second kappa shape index (κ2) is 9.85. The molecule has 1 fully saturated rings. The van der Waals surface area contributed by atoms with E-state index in [-0.39, 0.29) is 4.90 Å². The molecule has 0 saturated carbocycles. The van der Waals surface area contributed by atoms with Crippen LogP contribution < -0.4 is 19.7 Å². The fourth-order valence-corrected chi connectivity index (χ4v) is 5.11. The van der Waals surface area contributed by atoms with E-state index in [9.17, 15) is 13.2 Å². The van der Waals surface area contributed by atoms with Gasteiger partial charge < -0.3 is 15.0 Å². The predicted molar refractivity (Wildman–Crippen MR) is 131 cm³/mol. The molecule has 4 rings (SSSR count). The van der Waals surface area contributed by atoms with E-state index < -0.39 is 15.9 Å². The number of methoxy groups -OCH3 is 1. The second-order valence-corrected chi connectivity index (χ2v) is 9.50. The largest absolute Gasteiger partial charge is 0.497 e. The molecule has 0 radical (unpaired) electrons. The maximum atomic E-state index is 13.4. The number of benzene rings is 3. The summed E-state index contributed by atoms with van der Waals surface area (Å²) in [6.07, 6.45) is 1.98. The highest BCUT2D eigenvalue weighted by molar-refractivity contribution is 7.92. The van der Waals surface area contributed by atoms with Gasteiger partial charge in [-0.25, -0.2) is 8.42 Å². The number of nitrogens with zero attached hydrogens (tertiary/aromatic N) is 2. The van der Waals surface area contributed by atoms with Crippen LogP contribution in [0.3, 0.4) is 0 Å². The third-order valence-electron chi connectivity index (χ3n) is 5.57. The molecule has 1 amide bonds. The summed E-state index contributed by atoms with van der Waals surface area (Å²) in [5.74, 6) is 0.220. The molecule has 0 atom stereocenters. The maximum Gasteiger partial charge on any atom is 0.264 e. The lowest BCUT2D eigenvalue weighted by molar-refractivity contribution is 0.102. The van der Waals surface area contributed by atoms with Crippen molar-refractivity contribution >= 4 is 33.0 Å². The van der Waals surface area contributed by atoms with Gasteiger partial charge >= 0.3 is 0 Å². The fourth-order valence-electron chi connectivity index (χ4n) is 3.79. The number of nitrogens with one attached hydrogen (secondary N) is 2. The first-order chi connectivity index (χ1) is 16.4. The summed E-state index contributed by atoms with van der Waals surface area (Å²) in [5, 5.41) is 11.7. The van der Waals surface area contributed by atoms with E-state index >= 15 is 0 Å². The average molecular weight is 477 g/mol. The smallest absolute Gasteiger partial charge is 0.264 e. The van der Waals surface area contributed by atoms with Crippen molar-refractivity contribution in [2.45, 2.75) is 17.7 Å². The molecule has 3 aromatic carbocycles. The molecule has 2 N–H and O–H groups in total. The van der Waals surface area contributed by atoms with Crippen LogP contribution in [-0.4, -0.2) is 34.5 Å². The molecule has 0 bridgehead atoms. The van der Waals surface area contributed by atoms with Crippen molar-refractivity contribution in [3.8, 4) is 11.8 Å². The molecule has 1 saturated heterocycles. The highest BCUT2D eigenvalue weighted by Crippen LogP contribution is 2.32. The van der Waals surface area contributed by atoms with Gasteiger partial charge in [0.05, 0.1) is 24.4 Å². The molecule has 34 heavy (non-hydrogen) atoms. The SMILES string of the molecule is COc1ccc(NS(=O)(=O)c2cc(NC(=O)c3ccc(C#N)cc3)ccc2N2CCCC2)cc1.